The molecule has 30 heavy (non-hydrogen) atoms. The van der Waals surface area contributed by atoms with Crippen molar-refractivity contribution in [1.29, 1.82) is 5.26 Å². The van der Waals surface area contributed by atoms with Crippen molar-refractivity contribution in [2.75, 3.05) is 11.9 Å². The summed E-state index contributed by atoms with van der Waals surface area (Å²) in [5, 5.41) is 11.9. The predicted octanol–water partition coefficient (Wildman–Crippen LogP) is 3.83. The van der Waals surface area contributed by atoms with Gasteiger partial charge in [0.2, 0.25) is 5.91 Å². The Morgan fingerprint density at radius 1 is 1.23 bits per heavy atom. The number of aromatic amines is 1. The summed E-state index contributed by atoms with van der Waals surface area (Å²) in [5.41, 5.74) is 0.919. The van der Waals surface area contributed by atoms with Gasteiger partial charge in [-0.2, -0.15) is 5.26 Å². The van der Waals surface area contributed by atoms with Gasteiger partial charge in [0, 0.05) is 5.56 Å². The van der Waals surface area contributed by atoms with E-state index in [-0.39, 0.29) is 16.6 Å². The molecular weight excluding hydrogens is 400 g/mol. The molecule has 7 nitrogen and oxygen atoms in total. The van der Waals surface area contributed by atoms with E-state index in [1.54, 1.807) is 43.3 Å². The molecule has 1 aromatic heterocycles. The average Bonchev–Trinajstić information content (AvgIpc) is 2.75. The van der Waals surface area contributed by atoms with Crippen molar-refractivity contribution in [3.63, 3.8) is 0 Å². The molecule has 3 rings (SSSR count). The highest BCUT2D eigenvalue weighted by Crippen LogP contribution is 2.27. The smallest absolute Gasteiger partial charge is 0.270 e. The number of nitrogens with zero attached hydrogens (tertiary/aromatic N) is 2. The SMILES string of the molecule is CCOc1ccccc1NC(=O)[C@H](C)Sc1nc(-c2ccccc2)c(C#N)c(=O)[nH]1. The number of hydrogen-bond donors (Lipinski definition) is 2. The molecule has 0 aliphatic carbocycles. The molecule has 3 aromatic rings. The molecule has 0 bridgehead atoms. The van der Waals surface area contributed by atoms with Crippen LogP contribution in [0.5, 0.6) is 5.75 Å². The highest BCUT2D eigenvalue weighted by Gasteiger charge is 2.20. The number of para-hydroxylation sites is 2. The van der Waals surface area contributed by atoms with E-state index < -0.39 is 10.8 Å². The van der Waals surface area contributed by atoms with Crippen LogP contribution >= 0.6 is 11.8 Å². The molecule has 1 atom stereocenters. The van der Waals surface area contributed by atoms with E-state index in [0.29, 0.717) is 29.3 Å². The first-order valence-electron chi connectivity index (χ1n) is 9.32. The molecule has 2 aromatic carbocycles. The lowest BCUT2D eigenvalue weighted by atomic mass is 10.1. The number of carbonyl (C=O) groups is 1. The highest BCUT2D eigenvalue weighted by atomic mass is 32.2. The van der Waals surface area contributed by atoms with Gasteiger partial charge in [-0.05, 0) is 26.0 Å². The number of aromatic nitrogens is 2. The average molecular weight is 420 g/mol. The minimum atomic E-state index is -0.556. The minimum absolute atomic E-state index is 0.0618. The first-order chi connectivity index (χ1) is 14.5. The topological polar surface area (TPSA) is 108 Å². The number of H-pyrrole nitrogens is 1. The summed E-state index contributed by atoms with van der Waals surface area (Å²) < 4.78 is 5.53. The second kappa shape index (κ2) is 9.76. The van der Waals surface area contributed by atoms with Crippen molar-refractivity contribution in [1.82, 2.24) is 9.97 Å². The van der Waals surface area contributed by atoms with Crippen LogP contribution in [-0.4, -0.2) is 27.7 Å². The normalized spacial score (nSPS) is 11.4. The van der Waals surface area contributed by atoms with Crippen molar-refractivity contribution in [2.45, 2.75) is 24.3 Å². The first kappa shape index (κ1) is 21.1. The zero-order chi connectivity index (χ0) is 21.5. The number of anilines is 1. The van der Waals surface area contributed by atoms with E-state index in [2.05, 4.69) is 15.3 Å². The number of ether oxygens (including phenoxy) is 1. The summed E-state index contributed by atoms with van der Waals surface area (Å²) >= 11 is 1.10. The Kier molecular flexibility index (Phi) is 6.88. The molecule has 0 saturated carbocycles. The Bertz CT molecular complexity index is 1140. The number of nitriles is 1. The summed E-state index contributed by atoms with van der Waals surface area (Å²) in [6, 6.07) is 18.1. The van der Waals surface area contributed by atoms with E-state index in [4.69, 9.17) is 4.74 Å². The third kappa shape index (κ3) is 4.88. The second-order valence-electron chi connectivity index (χ2n) is 6.25. The molecule has 0 radical (unpaired) electrons. The van der Waals surface area contributed by atoms with Crippen molar-refractivity contribution < 1.29 is 9.53 Å². The van der Waals surface area contributed by atoms with Crippen LogP contribution in [0.3, 0.4) is 0 Å². The van der Waals surface area contributed by atoms with E-state index in [1.165, 1.54) is 0 Å². The van der Waals surface area contributed by atoms with E-state index >= 15 is 0 Å². The number of hydrogen-bond acceptors (Lipinski definition) is 6. The number of rotatable bonds is 7. The Morgan fingerprint density at radius 3 is 2.63 bits per heavy atom. The summed E-state index contributed by atoms with van der Waals surface area (Å²) in [4.78, 5) is 32.1. The van der Waals surface area contributed by atoms with Crippen LogP contribution < -0.4 is 15.6 Å². The Morgan fingerprint density at radius 2 is 1.93 bits per heavy atom. The van der Waals surface area contributed by atoms with E-state index in [0.717, 1.165) is 11.8 Å². The van der Waals surface area contributed by atoms with Crippen molar-refractivity contribution >= 4 is 23.4 Å². The Hall–Kier alpha value is -3.57. The number of benzene rings is 2. The molecule has 0 unspecified atom stereocenters. The van der Waals surface area contributed by atoms with Crippen LogP contribution in [0.1, 0.15) is 19.4 Å². The van der Waals surface area contributed by atoms with Crippen LogP contribution in [0, 0.1) is 11.3 Å². The van der Waals surface area contributed by atoms with Crippen LogP contribution in [-0.2, 0) is 4.79 Å². The molecule has 1 amide bonds. The third-order valence-corrected chi connectivity index (χ3v) is 5.14. The fourth-order valence-corrected chi connectivity index (χ4v) is 3.52. The van der Waals surface area contributed by atoms with Crippen molar-refractivity contribution in [3.8, 4) is 23.1 Å². The van der Waals surface area contributed by atoms with E-state index in [1.807, 2.05) is 31.2 Å². The molecule has 0 aliphatic heterocycles. The van der Waals surface area contributed by atoms with Gasteiger partial charge in [-0.15, -0.1) is 0 Å². The maximum Gasteiger partial charge on any atom is 0.270 e. The summed E-state index contributed by atoms with van der Waals surface area (Å²) in [5.74, 6) is 0.322. The quantitative estimate of drug-likeness (QED) is 0.444. The summed E-state index contributed by atoms with van der Waals surface area (Å²) in [6.07, 6.45) is 0. The van der Waals surface area contributed by atoms with Gasteiger partial charge in [-0.1, -0.05) is 54.2 Å². The van der Waals surface area contributed by atoms with E-state index in [9.17, 15) is 14.9 Å². The van der Waals surface area contributed by atoms with Gasteiger partial charge >= 0.3 is 0 Å². The summed E-state index contributed by atoms with van der Waals surface area (Å²) in [7, 11) is 0. The van der Waals surface area contributed by atoms with Crippen LogP contribution in [0.2, 0.25) is 0 Å². The number of amides is 1. The monoisotopic (exact) mass is 420 g/mol. The standard InChI is InChI=1S/C22H20N4O3S/c1-3-29-18-12-8-7-11-17(18)24-20(27)14(2)30-22-25-19(15-9-5-4-6-10-15)16(13-23)21(28)26-22/h4-12,14H,3H2,1-2H3,(H,24,27)(H,25,26,28)/t14-/m0/s1. The molecule has 0 aliphatic rings. The zero-order valence-corrected chi connectivity index (χ0v) is 17.3. The van der Waals surface area contributed by atoms with Crippen LogP contribution in [0.25, 0.3) is 11.3 Å². The molecule has 1 heterocycles. The maximum atomic E-state index is 12.7. The second-order valence-corrected chi connectivity index (χ2v) is 7.58. The molecule has 152 valence electrons. The lowest BCUT2D eigenvalue weighted by Gasteiger charge is -2.15. The highest BCUT2D eigenvalue weighted by molar-refractivity contribution is 8.00. The van der Waals surface area contributed by atoms with Gasteiger partial charge in [-0.3, -0.25) is 9.59 Å². The Labute approximate surface area is 178 Å². The molecule has 0 saturated heterocycles. The third-order valence-electron chi connectivity index (χ3n) is 4.16. The molecule has 0 spiro atoms. The lowest BCUT2D eigenvalue weighted by molar-refractivity contribution is -0.115. The first-order valence-corrected chi connectivity index (χ1v) is 10.2. The van der Waals surface area contributed by atoms with Gasteiger partial charge in [0.15, 0.2) is 5.16 Å². The van der Waals surface area contributed by atoms with Crippen molar-refractivity contribution in [3.05, 3.63) is 70.5 Å². The van der Waals surface area contributed by atoms with Gasteiger partial charge in [0.25, 0.3) is 5.56 Å². The molecular formula is C22H20N4O3S. The van der Waals surface area contributed by atoms with Gasteiger partial charge in [0.05, 0.1) is 23.2 Å². The largest absolute Gasteiger partial charge is 0.492 e. The van der Waals surface area contributed by atoms with Crippen molar-refractivity contribution in [2.24, 2.45) is 0 Å². The molecule has 8 heteroatoms. The van der Waals surface area contributed by atoms with Gasteiger partial charge in [-0.25, -0.2) is 4.98 Å². The van der Waals surface area contributed by atoms with Gasteiger partial charge in [0.1, 0.15) is 17.4 Å². The van der Waals surface area contributed by atoms with Gasteiger partial charge < -0.3 is 15.0 Å². The minimum Gasteiger partial charge on any atom is -0.492 e. The fraction of sp³-hybridized carbons (Fsp3) is 0.182. The Balaban J connectivity index is 1.83. The number of nitrogens with one attached hydrogen (secondary N) is 2. The summed E-state index contributed by atoms with van der Waals surface area (Å²) in [6.45, 7) is 4.06. The zero-order valence-electron chi connectivity index (χ0n) is 16.5. The molecule has 0 fully saturated rings. The number of thioether (sulfide) groups is 1. The number of carbonyl (C=O) groups excluding carboxylic acids is 1. The predicted molar refractivity (Wildman–Crippen MR) is 117 cm³/mol. The van der Waals surface area contributed by atoms with Crippen LogP contribution in [0.4, 0.5) is 5.69 Å². The lowest BCUT2D eigenvalue weighted by Crippen LogP contribution is -2.24. The maximum absolute atomic E-state index is 12.7. The van der Waals surface area contributed by atoms with Crippen LogP contribution in [0.15, 0.2) is 64.5 Å². The molecule has 2 N–H and O–H groups in total. The fourth-order valence-electron chi connectivity index (χ4n) is 2.72.